The quantitative estimate of drug-likeness (QED) is 0.607. The van der Waals surface area contributed by atoms with E-state index in [-0.39, 0.29) is 6.09 Å². The summed E-state index contributed by atoms with van der Waals surface area (Å²) < 4.78 is 5.42. The van der Waals surface area contributed by atoms with Crippen molar-refractivity contribution in [2.45, 2.75) is 45.6 Å². The lowest BCUT2D eigenvalue weighted by Gasteiger charge is -2.36. The van der Waals surface area contributed by atoms with Crippen molar-refractivity contribution in [1.82, 2.24) is 14.8 Å². The molecule has 156 valence electrons. The molecule has 0 spiro atoms. The molecule has 1 amide bonds. The Kier molecular flexibility index (Phi) is 6.64. The molecule has 0 aliphatic carbocycles. The maximum absolute atomic E-state index is 12.1. The smallest absolute Gasteiger partial charge is 0.410 e. The topological polar surface area (TPSA) is 87.3 Å². The van der Waals surface area contributed by atoms with Crippen LogP contribution in [0, 0.1) is 0 Å². The van der Waals surface area contributed by atoms with E-state index in [0.717, 1.165) is 30.3 Å². The summed E-state index contributed by atoms with van der Waals surface area (Å²) in [5.74, 6) is 0.541. The van der Waals surface area contributed by atoms with E-state index in [0.29, 0.717) is 38.7 Å². The molecule has 0 aromatic carbocycles. The zero-order chi connectivity index (χ0) is 20.1. The maximum Gasteiger partial charge on any atom is 0.410 e. The molecule has 2 fully saturated rings. The molecule has 8 nitrogen and oxygen atoms in total. The first kappa shape index (κ1) is 20.7. The summed E-state index contributed by atoms with van der Waals surface area (Å²) in [4.78, 5) is 27.5. The fourth-order valence-corrected chi connectivity index (χ4v) is 4.21. The Bertz CT molecular complexity index is 685. The van der Waals surface area contributed by atoms with Crippen LogP contribution in [-0.2, 0) is 11.2 Å². The molecule has 1 aromatic heterocycles. The van der Waals surface area contributed by atoms with Gasteiger partial charge in [0.2, 0.25) is 0 Å². The van der Waals surface area contributed by atoms with E-state index in [4.69, 9.17) is 15.5 Å². The second kappa shape index (κ2) is 8.98. The van der Waals surface area contributed by atoms with E-state index in [2.05, 4.69) is 15.3 Å². The predicted molar refractivity (Wildman–Crippen MR) is 113 cm³/mol. The van der Waals surface area contributed by atoms with Gasteiger partial charge in [0.15, 0.2) is 11.1 Å². The van der Waals surface area contributed by atoms with Crippen LogP contribution in [0.1, 0.15) is 39.3 Å². The van der Waals surface area contributed by atoms with Crippen molar-refractivity contribution in [2.24, 2.45) is 10.7 Å². The van der Waals surface area contributed by atoms with Crippen LogP contribution in [0.4, 0.5) is 9.93 Å². The molecule has 3 heterocycles. The number of hydrogen-bond donors (Lipinski definition) is 1. The summed E-state index contributed by atoms with van der Waals surface area (Å²) in [5.41, 5.74) is 6.76. The minimum Gasteiger partial charge on any atom is -0.444 e. The second-order valence-electron chi connectivity index (χ2n) is 8.26. The van der Waals surface area contributed by atoms with Gasteiger partial charge in [-0.3, -0.25) is 4.99 Å². The SMILES string of the molecule is CC(C)(C)OC(=O)N1CCN(C(N)=NCCc2csc(N3CCCC3)n2)CC1. The molecule has 9 heteroatoms. The minimum atomic E-state index is -0.473. The third kappa shape index (κ3) is 5.73. The van der Waals surface area contributed by atoms with Crippen molar-refractivity contribution in [3.05, 3.63) is 11.1 Å². The van der Waals surface area contributed by atoms with E-state index in [9.17, 15) is 4.79 Å². The van der Waals surface area contributed by atoms with Crippen molar-refractivity contribution < 1.29 is 9.53 Å². The van der Waals surface area contributed by atoms with Crippen molar-refractivity contribution in [3.8, 4) is 0 Å². The number of nitrogens with zero attached hydrogens (tertiary/aromatic N) is 5. The second-order valence-corrected chi connectivity index (χ2v) is 9.10. The Morgan fingerprint density at radius 1 is 1.18 bits per heavy atom. The summed E-state index contributed by atoms with van der Waals surface area (Å²) in [5, 5.41) is 3.25. The van der Waals surface area contributed by atoms with Gasteiger partial charge in [-0.05, 0) is 33.6 Å². The molecule has 0 atom stereocenters. The molecule has 0 bridgehead atoms. The van der Waals surface area contributed by atoms with Crippen LogP contribution >= 0.6 is 11.3 Å². The Balaban J connectivity index is 1.42. The molecule has 2 N–H and O–H groups in total. The minimum absolute atomic E-state index is 0.264. The lowest BCUT2D eigenvalue weighted by Crippen LogP contribution is -2.53. The van der Waals surface area contributed by atoms with Crippen molar-refractivity contribution in [1.29, 1.82) is 0 Å². The number of anilines is 1. The summed E-state index contributed by atoms with van der Waals surface area (Å²) in [7, 11) is 0. The van der Waals surface area contributed by atoms with Gasteiger partial charge in [-0.15, -0.1) is 11.3 Å². The first-order valence-corrected chi connectivity index (χ1v) is 10.9. The fraction of sp³-hybridized carbons (Fsp3) is 0.737. The van der Waals surface area contributed by atoms with Crippen LogP contribution in [0.3, 0.4) is 0 Å². The number of aliphatic imine (C=N–C) groups is 1. The van der Waals surface area contributed by atoms with Crippen LogP contribution in [-0.4, -0.2) is 78.3 Å². The average Bonchev–Trinajstić information content (AvgIpc) is 3.32. The van der Waals surface area contributed by atoms with Crippen molar-refractivity contribution in [3.63, 3.8) is 0 Å². The van der Waals surface area contributed by atoms with Gasteiger partial charge in [-0.2, -0.15) is 0 Å². The monoisotopic (exact) mass is 408 g/mol. The zero-order valence-corrected chi connectivity index (χ0v) is 18.0. The highest BCUT2D eigenvalue weighted by Crippen LogP contribution is 2.24. The van der Waals surface area contributed by atoms with Crippen LogP contribution in [0.2, 0.25) is 0 Å². The summed E-state index contributed by atoms with van der Waals surface area (Å²) in [6.07, 6.45) is 3.05. The number of rotatable bonds is 4. The summed E-state index contributed by atoms with van der Waals surface area (Å²) in [6.45, 7) is 11.0. The van der Waals surface area contributed by atoms with Crippen molar-refractivity contribution in [2.75, 3.05) is 50.7 Å². The molecular weight excluding hydrogens is 376 g/mol. The molecule has 1 aromatic rings. The van der Waals surface area contributed by atoms with E-state index in [1.165, 1.54) is 12.8 Å². The van der Waals surface area contributed by atoms with E-state index >= 15 is 0 Å². The van der Waals surface area contributed by atoms with Crippen molar-refractivity contribution >= 4 is 28.5 Å². The van der Waals surface area contributed by atoms with Gasteiger partial charge < -0.3 is 25.2 Å². The number of ether oxygens (including phenoxy) is 1. The van der Waals surface area contributed by atoms with Gasteiger partial charge in [-0.25, -0.2) is 9.78 Å². The van der Waals surface area contributed by atoms with Gasteiger partial charge in [0.25, 0.3) is 0 Å². The standard InChI is InChI=1S/C19H32N6O2S/c1-19(2,3)27-18(26)25-12-10-23(11-13-25)16(20)21-7-6-15-14-28-17(22-15)24-8-4-5-9-24/h14H,4-13H2,1-3H3,(H2,20,21). The van der Waals surface area contributed by atoms with E-state index in [1.807, 2.05) is 25.7 Å². The largest absolute Gasteiger partial charge is 0.444 e. The fourth-order valence-electron chi connectivity index (χ4n) is 3.29. The number of hydrogen-bond acceptors (Lipinski definition) is 6. The van der Waals surface area contributed by atoms with E-state index < -0.39 is 5.60 Å². The molecule has 0 radical (unpaired) electrons. The van der Waals surface area contributed by atoms with Gasteiger partial charge >= 0.3 is 6.09 Å². The first-order valence-electron chi connectivity index (χ1n) is 10.0. The third-order valence-electron chi connectivity index (χ3n) is 4.81. The Morgan fingerprint density at radius 3 is 2.46 bits per heavy atom. The van der Waals surface area contributed by atoms with Crippen LogP contribution < -0.4 is 10.6 Å². The molecule has 2 aliphatic rings. The Labute approximate surface area is 171 Å². The average molecular weight is 409 g/mol. The number of piperazine rings is 1. The highest BCUT2D eigenvalue weighted by Gasteiger charge is 2.26. The van der Waals surface area contributed by atoms with E-state index in [1.54, 1.807) is 16.2 Å². The highest BCUT2D eigenvalue weighted by molar-refractivity contribution is 7.13. The van der Waals surface area contributed by atoms with Gasteiger partial charge in [0, 0.05) is 57.6 Å². The number of thiazole rings is 1. The lowest BCUT2D eigenvalue weighted by atomic mass is 10.2. The molecule has 28 heavy (non-hydrogen) atoms. The van der Waals surface area contributed by atoms with Crippen LogP contribution in [0.25, 0.3) is 0 Å². The third-order valence-corrected chi connectivity index (χ3v) is 5.76. The number of guanidine groups is 1. The van der Waals surface area contributed by atoms with Gasteiger partial charge in [0.1, 0.15) is 5.60 Å². The molecule has 3 rings (SSSR count). The number of nitrogens with two attached hydrogens (primary N) is 1. The number of aromatic nitrogens is 1. The first-order chi connectivity index (χ1) is 13.3. The summed E-state index contributed by atoms with van der Waals surface area (Å²) >= 11 is 1.72. The van der Waals surface area contributed by atoms with Crippen LogP contribution in [0.5, 0.6) is 0 Å². The molecule has 2 aliphatic heterocycles. The zero-order valence-electron chi connectivity index (χ0n) is 17.2. The molecule has 2 saturated heterocycles. The summed E-state index contributed by atoms with van der Waals surface area (Å²) in [6, 6.07) is 0. The maximum atomic E-state index is 12.1. The number of carbonyl (C=O) groups excluding carboxylic acids is 1. The van der Waals surface area contributed by atoms with Crippen LogP contribution in [0.15, 0.2) is 10.4 Å². The normalized spacial score (nSPS) is 18.7. The lowest BCUT2D eigenvalue weighted by molar-refractivity contribution is 0.0186. The molecule has 0 saturated carbocycles. The Hall–Kier alpha value is -2.03. The Morgan fingerprint density at radius 2 is 1.82 bits per heavy atom. The van der Waals surface area contributed by atoms with Gasteiger partial charge in [-0.1, -0.05) is 0 Å². The molecular formula is C19H32N6O2S. The number of amides is 1. The van der Waals surface area contributed by atoms with Gasteiger partial charge in [0.05, 0.1) is 5.69 Å². The highest BCUT2D eigenvalue weighted by atomic mass is 32.1. The molecule has 0 unspecified atom stereocenters. The predicted octanol–water partition coefficient (Wildman–Crippen LogP) is 2.15. The number of carbonyl (C=O) groups is 1.